The fourth-order valence-corrected chi connectivity index (χ4v) is 12.8. The highest BCUT2D eigenvalue weighted by Crippen LogP contribution is 2.43. The summed E-state index contributed by atoms with van der Waals surface area (Å²) in [4.78, 5) is 23.5. The Kier molecular flexibility index (Phi) is 66.1. The van der Waals surface area contributed by atoms with Gasteiger partial charge in [0.25, 0.3) is 0 Å². The molecule has 84 heavy (non-hydrogen) atoms. The fourth-order valence-electron chi connectivity index (χ4n) is 12.1. The standard InChI is InChI=1S/C75H151N2O6P/c1-6-8-10-12-14-16-18-20-22-24-26-28-30-32-34-35-36-37-38-39-40-41-43-45-47-49-51-53-55-57-59-61-63-65-67-69-75(79)76-73(72-83-84(80,81)82-71-70-77(3,4)5)74(78)68-66-64-62-60-58-56-54-52-50-48-46-44-42-33-31-29-27-25-23-21-19-17-15-13-11-9-7-2/h66,68,73-74,78H,6-65,67,69-72H2,1-5H3,(H-,76,79,80,81)/p+1/b68-66+. The van der Waals surface area contributed by atoms with Crippen molar-refractivity contribution in [2.24, 2.45) is 0 Å². The summed E-state index contributed by atoms with van der Waals surface area (Å²) in [5, 5.41) is 14.0. The van der Waals surface area contributed by atoms with Crippen molar-refractivity contribution in [1.29, 1.82) is 0 Å². The molecule has 0 spiro atoms. The molecule has 0 aliphatic rings. The minimum Gasteiger partial charge on any atom is -0.387 e. The Bertz CT molecular complexity index is 1370. The first kappa shape index (κ1) is 83.2. The first-order valence-corrected chi connectivity index (χ1v) is 39.6. The van der Waals surface area contributed by atoms with E-state index in [1.807, 2.05) is 27.2 Å². The lowest BCUT2D eigenvalue weighted by Crippen LogP contribution is -2.45. The van der Waals surface area contributed by atoms with Crippen LogP contribution in [0.1, 0.15) is 412 Å². The summed E-state index contributed by atoms with van der Waals surface area (Å²) in [7, 11) is 1.60. The van der Waals surface area contributed by atoms with Crippen LogP contribution in [0.4, 0.5) is 0 Å². The van der Waals surface area contributed by atoms with Gasteiger partial charge in [0, 0.05) is 6.42 Å². The largest absolute Gasteiger partial charge is 0.472 e. The molecule has 0 aromatic carbocycles. The van der Waals surface area contributed by atoms with Crippen LogP contribution >= 0.6 is 7.82 Å². The average molecular weight is 1210 g/mol. The van der Waals surface area contributed by atoms with Gasteiger partial charge in [-0.3, -0.25) is 13.8 Å². The number of phosphoric ester groups is 1. The van der Waals surface area contributed by atoms with Gasteiger partial charge in [0.1, 0.15) is 13.2 Å². The number of nitrogens with zero attached hydrogens (tertiary/aromatic N) is 1. The van der Waals surface area contributed by atoms with Crippen LogP contribution in [0.5, 0.6) is 0 Å². The molecule has 1 amide bonds. The number of hydrogen-bond donors (Lipinski definition) is 3. The summed E-state index contributed by atoms with van der Waals surface area (Å²) in [6.45, 7) is 4.90. The van der Waals surface area contributed by atoms with E-state index in [2.05, 4.69) is 19.2 Å². The number of likely N-dealkylation sites (N-methyl/N-ethyl adjacent to an activating group) is 1. The molecule has 0 heterocycles. The Morgan fingerprint density at radius 3 is 0.881 bits per heavy atom. The number of aliphatic hydroxyl groups excluding tert-OH is 1. The molecule has 0 aliphatic carbocycles. The van der Waals surface area contributed by atoms with E-state index in [0.717, 1.165) is 32.1 Å². The van der Waals surface area contributed by atoms with E-state index in [1.165, 1.54) is 360 Å². The van der Waals surface area contributed by atoms with E-state index in [0.29, 0.717) is 17.4 Å². The summed E-state index contributed by atoms with van der Waals surface area (Å²) in [5.74, 6) is -0.166. The van der Waals surface area contributed by atoms with Crippen LogP contribution in [0.25, 0.3) is 0 Å². The van der Waals surface area contributed by atoms with Crippen molar-refractivity contribution in [3.05, 3.63) is 12.2 Å². The van der Waals surface area contributed by atoms with Crippen LogP contribution in [0.3, 0.4) is 0 Å². The molecule has 0 aromatic rings. The Morgan fingerprint density at radius 1 is 0.393 bits per heavy atom. The summed E-state index contributed by atoms with van der Waals surface area (Å²) in [6, 6.07) is -0.844. The molecule has 8 nitrogen and oxygen atoms in total. The van der Waals surface area contributed by atoms with Gasteiger partial charge in [0.2, 0.25) is 5.91 Å². The molecule has 0 saturated heterocycles. The monoisotopic (exact) mass is 1210 g/mol. The van der Waals surface area contributed by atoms with Crippen molar-refractivity contribution in [2.75, 3.05) is 40.9 Å². The first-order chi connectivity index (χ1) is 41.0. The normalized spacial score (nSPS) is 13.6. The fraction of sp³-hybridized carbons (Fsp3) is 0.960. The lowest BCUT2D eigenvalue weighted by Gasteiger charge is -2.25. The summed E-state index contributed by atoms with van der Waals surface area (Å²) < 4.78 is 23.9. The molecule has 0 saturated carbocycles. The Labute approximate surface area is 526 Å². The van der Waals surface area contributed by atoms with Gasteiger partial charge in [0.05, 0.1) is 39.9 Å². The predicted octanol–water partition coefficient (Wildman–Crippen LogP) is 24.5. The van der Waals surface area contributed by atoms with E-state index in [4.69, 9.17) is 9.05 Å². The highest BCUT2D eigenvalue weighted by molar-refractivity contribution is 7.47. The smallest absolute Gasteiger partial charge is 0.387 e. The van der Waals surface area contributed by atoms with Crippen molar-refractivity contribution in [2.45, 2.75) is 424 Å². The van der Waals surface area contributed by atoms with Crippen molar-refractivity contribution in [1.82, 2.24) is 5.32 Å². The van der Waals surface area contributed by atoms with E-state index in [9.17, 15) is 19.4 Å². The quantitative estimate of drug-likeness (QED) is 0.0243. The molecule has 0 rings (SSSR count). The predicted molar refractivity (Wildman–Crippen MR) is 369 cm³/mol. The Hall–Kier alpha value is -0.760. The number of carbonyl (C=O) groups excluding carboxylic acids is 1. The molecule has 0 radical (unpaired) electrons. The molecule has 3 atom stereocenters. The Balaban J connectivity index is 3.95. The minimum atomic E-state index is -4.35. The number of unbranched alkanes of at least 4 members (excludes halogenated alkanes) is 59. The third-order valence-corrected chi connectivity index (χ3v) is 19.0. The molecule has 0 aliphatic heterocycles. The second kappa shape index (κ2) is 66.7. The number of allylic oxidation sites excluding steroid dienone is 1. The number of quaternary nitrogens is 1. The summed E-state index contributed by atoms with van der Waals surface area (Å²) in [5.41, 5.74) is 0. The van der Waals surface area contributed by atoms with E-state index >= 15 is 0 Å². The number of amides is 1. The van der Waals surface area contributed by atoms with Gasteiger partial charge in [-0.1, -0.05) is 398 Å². The second-order valence-electron chi connectivity index (χ2n) is 27.7. The summed E-state index contributed by atoms with van der Waals surface area (Å²) >= 11 is 0. The number of aliphatic hydroxyl groups is 1. The summed E-state index contributed by atoms with van der Waals surface area (Å²) in [6.07, 6.45) is 86.8. The maximum Gasteiger partial charge on any atom is 0.472 e. The molecule has 0 bridgehead atoms. The zero-order valence-electron chi connectivity index (χ0n) is 57.7. The lowest BCUT2D eigenvalue weighted by atomic mass is 10.0. The van der Waals surface area contributed by atoms with Crippen LogP contribution in [-0.2, 0) is 18.4 Å². The zero-order chi connectivity index (χ0) is 61.2. The lowest BCUT2D eigenvalue weighted by molar-refractivity contribution is -0.870. The third-order valence-electron chi connectivity index (χ3n) is 18.0. The highest BCUT2D eigenvalue weighted by atomic mass is 31.2. The first-order valence-electron chi connectivity index (χ1n) is 38.1. The van der Waals surface area contributed by atoms with E-state index in [1.54, 1.807) is 6.08 Å². The van der Waals surface area contributed by atoms with Gasteiger partial charge in [-0.2, -0.15) is 0 Å². The molecule has 3 unspecified atom stereocenters. The van der Waals surface area contributed by atoms with Gasteiger partial charge >= 0.3 is 7.82 Å². The van der Waals surface area contributed by atoms with Gasteiger partial charge in [-0.05, 0) is 19.3 Å². The number of hydrogen-bond acceptors (Lipinski definition) is 5. The van der Waals surface area contributed by atoms with Crippen molar-refractivity contribution in [3.63, 3.8) is 0 Å². The average Bonchev–Trinajstić information content (AvgIpc) is 3.56. The maximum atomic E-state index is 13.1. The van der Waals surface area contributed by atoms with Crippen molar-refractivity contribution >= 4 is 13.7 Å². The van der Waals surface area contributed by atoms with Crippen molar-refractivity contribution in [3.8, 4) is 0 Å². The van der Waals surface area contributed by atoms with Crippen LogP contribution in [0.2, 0.25) is 0 Å². The Morgan fingerprint density at radius 2 is 0.631 bits per heavy atom. The number of carbonyl (C=O) groups is 1. The number of nitrogens with one attached hydrogen (secondary N) is 1. The van der Waals surface area contributed by atoms with Crippen LogP contribution in [-0.4, -0.2) is 73.4 Å². The van der Waals surface area contributed by atoms with Crippen molar-refractivity contribution < 1.29 is 32.9 Å². The van der Waals surface area contributed by atoms with Gasteiger partial charge in [0.15, 0.2) is 0 Å². The maximum absolute atomic E-state index is 13.1. The second-order valence-corrected chi connectivity index (χ2v) is 29.2. The SMILES string of the molecule is CCCCCCCCCCCCCCCCCCCCCCCCCCC/C=C/C(O)C(COP(=O)(O)OCC[N+](C)(C)C)NC(=O)CCCCCCCCCCCCCCCCCCCCCCCCCCCCCCCCCCCCC. The van der Waals surface area contributed by atoms with Gasteiger partial charge in [-0.25, -0.2) is 4.57 Å². The van der Waals surface area contributed by atoms with Gasteiger partial charge in [-0.15, -0.1) is 0 Å². The zero-order valence-corrected chi connectivity index (χ0v) is 58.6. The minimum absolute atomic E-state index is 0.0656. The molecular formula is C75H152N2O6P+. The van der Waals surface area contributed by atoms with E-state index in [-0.39, 0.29) is 19.1 Å². The van der Waals surface area contributed by atoms with Crippen LogP contribution < -0.4 is 5.32 Å². The number of rotatable bonds is 72. The molecule has 0 aromatic heterocycles. The van der Waals surface area contributed by atoms with Crippen LogP contribution in [0, 0.1) is 0 Å². The number of phosphoric acid groups is 1. The molecule has 3 N–H and O–H groups in total. The topological polar surface area (TPSA) is 105 Å². The third kappa shape index (κ3) is 68.7. The van der Waals surface area contributed by atoms with E-state index < -0.39 is 20.0 Å². The molecular weight excluding hydrogens is 1060 g/mol. The molecule has 502 valence electrons. The molecule has 0 fully saturated rings. The molecule has 9 heteroatoms. The van der Waals surface area contributed by atoms with Gasteiger partial charge < -0.3 is 19.8 Å². The van der Waals surface area contributed by atoms with Crippen LogP contribution in [0.15, 0.2) is 12.2 Å². The highest BCUT2D eigenvalue weighted by Gasteiger charge is 2.28.